The van der Waals surface area contributed by atoms with Crippen molar-refractivity contribution in [3.8, 4) is 0 Å². The summed E-state index contributed by atoms with van der Waals surface area (Å²) in [5.41, 5.74) is 0. The van der Waals surface area contributed by atoms with Crippen molar-refractivity contribution in [2.24, 2.45) is 0 Å². The van der Waals surface area contributed by atoms with Gasteiger partial charge in [-0.3, -0.25) is 9.59 Å². The number of aliphatic hydroxyl groups is 1. The molecule has 1 atom stereocenters. The van der Waals surface area contributed by atoms with Crippen LogP contribution in [0.5, 0.6) is 0 Å². The Bertz CT molecular complexity index is 1420. The fourth-order valence-corrected chi connectivity index (χ4v) is 10.9. The summed E-state index contributed by atoms with van der Waals surface area (Å²) >= 11 is 0. The Kier molecular flexibility index (Phi) is 69.3. The number of ether oxygens (including phenoxy) is 2. The molecule has 0 rings (SSSR count). The number of hydrogen-bond donors (Lipinski definition) is 1. The quantitative estimate of drug-likeness (QED) is 0.0373. The molecule has 0 aromatic heterocycles. The molecule has 0 saturated carbocycles. The number of unbranched alkanes of at least 4 members (excludes halogenated alkanes) is 47. The minimum Gasteiger partial charge on any atom is -0.462 e. The summed E-state index contributed by atoms with van der Waals surface area (Å²) in [4.78, 5) is 24.7. The smallest absolute Gasteiger partial charge is 0.306 e. The molecule has 0 fully saturated rings. The van der Waals surface area contributed by atoms with Gasteiger partial charge in [-0.2, -0.15) is 0 Å². The molecule has 5 nitrogen and oxygen atoms in total. The molecule has 0 aromatic carbocycles. The molecule has 0 amide bonds. The Morgan fingerprint density at radius 2 is 0.531 bits per heavy atom. The van der Waals surface area contributed by atoms with Gasteiger partial charge in [0, 0.05) is 12.8 Å². The second-order valence-electron chi connectivity index (χ2n) is 24.3. The zero-order valence-corrected chi connectivity index (χ0v) is 54.3. The Morgan fingerprint density at radius 1 is 0.296 bits per heavy atom. The molecule has 0 radical (unpaired) electrons. The highest BCUT2D eigenvalue weighted by Crippen LogP contribution is 2.19. The summed E-state index contributed by atoms with van der Waals surface area (Å²) < 4.78 is 10.8. The Balaban J connectivity index is 3.41. The summed E-state index contributed by atoms with van der Waals surface area (Å²) in [5, 5.41) is 9.71. The fraction of sp³-hybridized carbons (Fsp3) is 0.816. The number of aliphatic hydroxyl groups excluding tert-OH is 1. The van der Waals surface area contributed by atoms with Crippen molar-refractivity contribution >= 4 is 11.9 Å². The first-order chi connectivity index (χ1) is 40.1. The Morgan fingerprint density at radius 3 is 0.802 bits per heavy atom. The van der Waals surface area contributed by atoms with E-state index in [1.807, 2.05) is 0 Å². The zero-order valence-electron chi connectivity index (χ0n) is 54.3. The van der Waals surface area contributed by atoms with Gasteiger partial charge in [-0.05, 0) is 64.2 Å². The maximum atomic E-state index is 12.4. The molecule has 0 saturated heterocycles. The van der Waals surface area contributed by atoms with Crippen molar-refractivity contribution in [2.75, 3.05) is 13.2 Å². The first-order valence-corrected chi connectivity index (χ1v) is 36.0. The van der Waals surface area contributed by atoms with Crippen LogP contribution in [0.15, 0.2) is 72.9 Å². The van der Waals surface area contributed by atoms with Gasteiger partial charge in [0.15, 0.2) is 6.10 Å². The van der Waals surface area contributed by atoms with Gasteiger partial charge in [0.05, 0.1) is 6.61 Å². The molecule has 1 unspecified atom stereocenters. The molecule has 0 spiro atoms. The van der Waals surface area contributed by atoms with Crippen LogP contribution in [-0.2, 0) is 19.1 Å². The van der Waals surface area contributed by atoms with Gasteiger partial charge < -0.3 is 14.6 Å². The highest BCUT2D eigenvalue weighted by molar-refractivity contribution is 5.70. The summed E-state index contributed by atoms with van der Waals surface area (Å²) in [5.74, 6) is -0.573. The molecule has 0 aliphatic rings. The van der Waals surface area contributed by atoms with Crippen molar-refractivity contribution in [1.82, 2.24) is 0 Å². The lowest BCUT2D eigenvalue weighted by Crippen LogP contribution is -2.28. The van der Waals surface area contributed by atoms with Gasteiger partial charge >= 0.3 is 11.9 Å². The summed E-state index contributed by atoms with van der Waals surface area (Å²) in [6, 6.07) is 0. The number of hydrogen-bond acceptors (Lipinski definition) is 5. The number of rotatable bonds is 67. The normalized spacial score (nSPS) is 12.6. The molecular formula is C76H138O5. The maximum Gasteiger partial charge on any atom is 0.306 e. The van der Waals surface area contributed by atoms with Crippen molar-refractivity contribution < 1.29 is 24.2 Å². The van der Waals surface area contributed by atoms with Crippen LogP contribution in [0.1, 0.15) is 380 Å². The minimum absolute atomic E-state index is 0.0630. The van der Waals surface area contributed by atoms with Gasteiger partial charge in [-0.25, -0.2) is 0 Å². The van der Waals surface area contributed by atoms with Crippen molar-refractivity contribution in [3.05, 3.63) is 72.9 Å². The minimum atomic E-state index is -0.775. The molecule has 1 N–H and O–H groups in total. The van der Waals surface area contributed by atoms with Gasteiger partial charge in [0.1, 0.15) is 6.61 Å². The van der Waals surface area contributed by atoms with E-state index in [1.165, 1.54) is 276 Å². The number of carbonyl (C=O) groups is 2. The average Bonchev–Trinajstić information content (AvgIpc) is 3.47. The number of esters is 2. The van der Waals surface area contributed by atoms with E-state index in [0.717, 1.165) is 77.0 Å². The second kappa shape index (κ2) is 71.6. The topological polar surface area (TPSA) is 72.8 Å². The van der Waals surface area contributed by atoms with Crippen LogP contribution in [0.3, 0.4) is 0 Å². The Labute approximate surface area is 505 Å². The van der Waals surface area contributed by atoms with Crippen LogP contribution in [0.25, 0.3) is 0 Å². The summed E-state index contributed by atoms with van der Waals surface area (Å²) in [6.07, 6.45) is 99.5. The molecule has 0 aliphatic carbocycles. The van der Waals surface area contributed by atoms with Crippen molar-refractivity contribution in [3.63, 3.8) is 0 Å². The van der Waals surface area contributed by atoms with Gasteiger partial charge in [-0.1, -0.05) is 376 Å². The molecule has 0 bridgehead atoms. The largest absolute Gasteiger partial charge is 0.462 e. The average molecular weight is 1130 g/mol. The third-order valence-electron chi connectivity index (χ3n) is 16.3. The van der Waals surface area contributed by atoms with E-state index in [4.69, 9.17) is 9.47 Å². The zero-order chi connectivity index (χ0) is 58.4. The van der Waals surface area contributed by atoms with E-state index in [-0.39, 0.29) is 25.2 Å². The van der Waals surface area contributed by atoms with Crippen molar-refractivity contribution in [2.45, 2.75) is 386 Å². The van der Waals surface area contributed by atoms with Crippen LogP contribution >= 0.6 is 0 Å². The lowest BCUT2D eigenvalue weighted by molar-refractivity contribution is -0.161. The van der Waals surface area contributed by atoms with E-state index in [2.05, 4.69) is 86.8 Å². The van der Waals surface area contributed by atoms with Crippen LogP contribution in [-0.4, -0.2) is 36.4 Å². The highest BCUT2D eigenvalue weighted by Gasteiger charge is 2.16. The molecule has 81 heavy (non-hydrogen) atoms. The van der Waals surface area contributed by atoms with E-state index in [9.17, 15) is 14.7 Å². The molecule has 0 aliphatic heterocycles. The van der Waals surface area contributed by atoms with Gasteiger partial charge in [0.25, 0.3) is 0 Å². The first-order valence-electron chi connectivity index (χ1n) is 36.0. The number of carbonyl (C=O) groups excluding carboxylic acids is 2. The molecule has 5 heteroatoms. The van der Waals surface area contributed by atoms with E-state index < -0.39 is 6.10 Å². The highest BCUT2D eigenvalue weighted by atomic mass is 16.6. The van der Waals surface area contributed by atoms with E-state index >= 15 is 0 Å². The monoisotopic (exact) mass is 1130 g/mol. The number of allylic oxidation sites excluding steroid dienone is 12. The third kappa shape index (κ3) is 69.7. The fourth-order valence-electron chi connectivity index (χ4n) is 10.9. The summed E-state index contributed by atoms with van der Waals surface area (Å²) in [6.45, 7) is 4.08. The lowest BCUT2D eigenvalue weighted by atomic mass is 10.0. The maximum absolute atomic E-state index is 12.4. The molecule has 472 valence electrons. The standard InChI is InChI=1S/C76H138O5/c1-3-5-7-9-11-13-15-17-19-21-23-25-27-29-31-33-35-37-39-40-42-44-46-48-50-52-54-56-58-60-62-64-66-68-70-75(78)80-73-74(72-77)81-76(79)71-69-67-65-63-61-59-57-55-53-51-49-47-45-43-41-38-36-34-32-30-28-26-24-22-20-18-16-14-12-10-8-6-4-2/h6,8,12,14,18,20,24,26,30,32,36,38,74,77H,3-5,7,9-11,13,15-17,19,21-23,25,27-29,31,33-35,37,39-73H2,1-2H3/b8-6-,14-12-,20-18-,26-24-,32-30-,38-36-. The van der Waals surface area contributed by atoms with E-state index in [0.29, 0.717) is 12.8 Å². The third-order valence-corrected chi connectivity index (χ3v) is 16.3. The van der Waals surface area contributed by atoms with E-state index in [1.54, 1.807) is 0 Å². The van der Waals surface area contributed by atoms with Crippen LogP contribution in [0.2, 0.25) is 0 Å². The van der Waals surface area contributed by atoms with Crippen molar-refractivity contribution in [1.29, 1.82) is 0 Å². The lowest BCUT2D eigenvalue weighted by Gasteiger charge is -2.15. The molecule has 0 heterocycles. The molecular weight excluding hydrogens is 993 g/mol. The second-order valence-corrected chi connectivity index (χ2v) is 24.3. The van der Waals surface area contributed by atoms with Crippen LogP contribution < -0.4 is 0 Å². The van der Waals surface area contributed by atoms with Crippen LogP contribution in [0.4, 0.5) is 0 Å². The van der Waals surface area contributed by atoms with Gasteiger partial charge in [0.2, 0.25) is 0 Å². The van der Waals surface area contributed by atoms with Gasteiger partial charge in [-0.15, -0.1) is 0 Å². The predicted octanol–water partition coefficient (Wildman–Crippen LogP) is 25.0. The summed E-state index contributed by atoms with van der Waals surface area (Å²) in [7, 11) is 0. The molecule has 0 aromatic rings. The Hall–Kier alpha value is -2.66. The van der Waals surface area contributed by atoms with Crippen LogP contribution in [0, 0.1) is 0 Å². The first kappa shape index (κ1) is 78.3. The SMILES string of the molecule is CC/C=C\C/C=C\C/C=C\C/C=C\C/C=C\C/C=C\CCCCCCCCCCCCCCCCC(=O)OC(CO)COC(=O)CCCCCCCCCCCCCCCCCCCCCCCCCCCCCCCCCCCC. The predicted molar refractivity (Wildman–Crippen MR) is 357 cm³/mol.